The quantitative estimate of drug-likeness (QED) is 0.648. The minimum absolute atomic E-state index is 0.116. The fourth-order valence-corrected chi connectivity index (χ4v) is 2.50. The maximum absolute atomic E-state index is 11.9. The Bertz CT molecular complexity index is 293. The van der Waals surface area contributed by atoms with E-state index in [-0.39, 0.29) is 5.91 Å². The molecule has 0 aromatic carbocycles. The second kappa shape index (κ2) is 7.60. The molecule has 0 aromatic heterocycles. The highest BCUT2D eigenvalue weighted by Crippen LogP contribution is 2.07. The molecule has 1 fully saturated rings. The third kappa shape index (κ3) is 4.83. The van der Waals surface area contributed by atoms with Crippen LogP contribution in [0.1, 0.15) is 0 Å². The van der Waals surface area contributed by atoms with Gasteiger partial charge in [-0.15, -0.1) is 11.8 Å². The van der Waals surface area contributed by atoms with Crippen molar-refractivity contribution in [1.82, 2.24) is 9.80 Å². The van der Waals surface area contributed by atoms with Crippen molar-refractivity contribution in [2.75, 3.05) is 51.8 Å². The van der Waals surface area contributed by atoms with Crippen molar-refractivity contribution in [3.05, 3.63) is 0 Å². The summed E-state index contributed by atoms with van der Waals surface area (Å²) in [7, 11) is 3.36. The van der Waals surface area contributed by atoms with Gasteiger partial charge in [0.05, 0.1) is 12.9 Å². The molecule has 18 heavy (non-hydrogen) atoms. The number of rotatable bonds is 5. The summed E-state index contributed by atoms with van der Waals surface area (Å²) in [5, 5.41) is 0. The molecule has 1 atom stereocenters. The molecule has 0 saturated carbocycles. The lowest BCUT2D eigenvalue weighted by atomic mass is 10.3. The first kappa shape index (κ1) is 15.3. The number of ether oxygens (including phenoxy) is 1. The molecule has 1 amide bonds. The van der Waals surface area contributed by atoms with Gasteiger partial charge in [-0.3, -0.25) is 9.59 Å². The fourth-order valence-electron chi connectivity index (χ4n) is 1.64. The maximum Gasteiger partial charge on any atom is 0.323 e. The monoisotopic (exact) mass is 275 g/mol. The van der Waals surface area contributed by atoms with E-state index >= 15 is 0 Å². The summed E-state index contributed by atoms with van der Waals surface area (Å²) >= 11 is 1.38. The molecule has 2 N–H and O–H groups in total. The molecule has 0 aliphatic carbocycles. The highest BCUT2D eigenvalue weighted by atomic mass is 32.2. The van der Waals surface area contributed by atoms with Crippen LogP contribution in [0, 0.1) is 0 Å². The summed E-state index contributed by atoms with van der Waals surface area (Å²) in [5.41, 5.74) is 5.58. The lowest BCUT2D eigenvalue weighted by molar-refractivity contribution is -0.141. The van der Waals surface area contributed by atoms with Gasteiger partial charge in [0.2, 0.25) is 5.91 Å². The second-order valence-electron chi connectivity index (χ2n) is 4.33. The van der Waals surface area contributed by atoms with E-state index in [1.165, 1.54) is 18.9 Å². The Hall–Kier alpha value is -0.790. The van der Waals surface area contributed by atoms with Crippen LogP contribution in [0.5, 0.6) is 0 Å². The molecule has 0 radical (unpaired) electrons. The summed E-state index contributed by atoms with van der Waals surface area (Å²) in [6.07, 6.45) is 0. The standard InChI is InChI=1S/C11H21N3O3S/c1-13-3-5-14(6-4-13)10(15)8-18-7-9(12)11(16)17-2/h9H,3-8,12H2,1-2H3. The smallest absolute Gasteiger partial charge is 0.323 e. The Labute approximate surface area is 112 Å². The Morgan fingerprint density at radius 3 is 2.50 bits per heavy atom. The number of carbonyl (C=O) groups excluding carboxylic acids is 2. The van der Waals surface area contributed by atoms with Crippen molar-refractivity contribution in [2.45, 2.75) is 6.04 Å². The van der Waals surface area contributed by atoms with Gasteiger partial charge in [0.15, 0.2) is 0 Å². The van der Waals surface area contributed by atoms with Crippen LogP contribution in [0.25, 0.3) is 0 Å². The van der Waals surface area contributed by atoms with Gasteiger partial charge in [-0.1, -0.05) is 0 Å². The highest BCUT2D eigenvalue weighted by molar-refractivity contribution is 8.00. The Balaban J connectivity index is 2.19. The molecule has 1 unspecified atom stereocenters. The van der Waals surface area contributed by atoms with Crippen LogP contribution in [-0.4, -0.2) is 79.6 Å². The Morgan fingerprint density at radius 1 is 1.33 bits per heavy atom. The van der Waals surface area contributed by atoms with E-state index in [1.807, 2.05) is 11.9 Å². The predicted molar refractivity (Wildman–Crippen MR) is 71.4 cm³/mol. The molecule has 0 bridgehead atoms. The van der Waals surface area contributed by atoms with Crippen molar-refractivity contribution in [2.24, 2.45) is 5.73 Å². The number of piperazine rings is 1. The summed E-state index contributed by atoms with van der Waals surface area (Å²) in [6, 6.07) is -0.653. The van der Waals surface area contributed by atoms with E-state index < -0.39 is 12.0 Å². The van der Waals surface area contributed by atoms with Gasteiger partial charge >= 0.3 is 5.97 Å². The number of likely N-dealkylation sites (N-methyl/N-ethyl adjacent to an activating group) is 1. The molecule has 1 rings (SSSR count). The van der Waals surface area contributed by atoms with Gasteiger partial charge in [0.25, 0.3) is 0 Å². The average Bonchev–Trinajstić information content (AvgIpc) is 2.38. The van der Waals surface area contributed by atoms with Crippen molar-refractivity contribution >= 4 is 23.6 Å². The van der Waals surface area contributed by atoms with Gasteiger partial charge < -0.3 is 20.3 Å². The van der Waals surface area contributed by atoms with E-state index in [1.54, 1.807) is 0 Å². The summed E-state index contributed by atoms with van der Waals surface area (Å²) < 4.78 is 4.52. The number of thioether (sulfide) groups is 1. The van der Waals surface area contributed by atoms with Crippen LogP contribution in [0.15, 0.2) is 0 Å². The zero-order chi connectivity index (χ0) is 13.5. The largest absolute Gasteiger partial charge is 0.468 e. The third-order valence-corrected chi connectivity index (χ3v) is 3.93. The van der Waals surface area contributed by atoms with E-state index in [9.17, 15) is 9.59 Å². The van der Waals surface area contributed by atoms with Crippen molar-refractivity contribution < 1.29 is 14.3 Å². The van der Waals surface area contributed by atoms with E-state index in [0.717, 1.165) is 26.2 Å². The van der Waals surface area contributed by atoms with Crippen LogP contribution < -0.4 is 5.73 Å². The molecule has 0 spiro atoms. The minimum atomic E-state index is -0.653. The normalized spacial score (nSPS) is 18.5. The second-order valence-corrected chi connectivity index (χ2v) is 5.36. The molecule has 1 heterocycles. The molecule has 1 saturated heterocycles. The van der Waals surface area contributed by atoms with Crippen molar-refractivity contribution in [1.29, 1.82) is 0 Å². The average molecular weight is 275 g/mol. The molecular formula is C11H21N3O3S. The Kier molecular flexibility index (Phi) is 6.45. The van der Waals surface area contributed by atoms with Gasteiger partial charge in [-0.05, 0) is 7.05 Å². The van der Waals surface area contributed by atoms with Crippen LogP contribution in [0.4, 0.5) is 0 Å². The number of hydrogen-bond acceptors (Lipinski definition) is 6. The zero-order valence-electron chi connectivity index (χ0n) is 10.9. The van der Waals surface area contributed by atoms with Crippen LogP contribution in [0.2, 0.25) is 0 Å². The third-order valence-electron chi connectivity index (χ3n) is 2.88. The molecule has 1 aliphatic heterocycles. The zero-order valence-corrected chi connectivity index (χ0v) is 11.7. The fraction of sp³-hybridized carbons (Fsp3) is 0.818. The number of carbonyl (C=O) groups is 2. The molecule has 104 valence electrons. The SMILES string of the molecule is COC(=O)C(N)CSCC(=O)N1CCN(C)CC1. The topological polar surface area (TPSA) is 75.9 Å². The molecule has 7 heteroatoms. The van der Waals surface area contributed by atoms with Crippen LogP contribution in [0.3, 0.4) is 0 Å². The number of methoxy groups -OCH3 is 1. The summed E-state index contributed by atoms with van der Waals surface area (Å²) in [5.74, 6) is 0.459. The number of nitrogens with zero attached hydrogens (tertiary/aromatic N) is 2. The van der Waals surface area contributed by atoms with Gasteiger partial charge in [-0.2, -0.15) is 0 Å². The first-order valence-electron chi connectivity index (χ1n) is 5.92. The van der Waals surface area contributed by atoms with Crippen molar-refractivity contribution in [3.8, 4) is 0 Å². The first-order chi connectivity index (χ1) is 8.54. The van der Waals surface area contributed by atoms with E-state index in [0.29, 0.717) is 11.5 Å². The molecule has 0 aromatic rings. The number of esters is 1. The lowest BCUT2D eigenvalue weighted by Crippen LogP contribution is -2.47. The summed E-state index contributed by atoms with van der Waals surface area (Å²) in [4.78, 5) is 27.0. The van der Waals surface area contributed by atoms with Crippen LogP contribution >= 0.6 is 11.8 Å². The number of nitrogens with two attached hydrogens (primary N) is 1. The molecular weight excluding hydrogens is 254 g/mol. The molecule has 1 aliphatic rings. The minimum Gasteiger partial charge on any atom is -0.468 e. The first-order valence-corrected chi connectivity index (χ1v) is 7.07. The van der Waals surface area contributed by atoms with Gasteiger partial charge in [0, 0.05) is 31.9 Å². The summed E-state index contributed by atoms with van der Waals surface area (Å²) in [6.45, 7) is 3.38. The van der Waals surface area contributed by atoms with Crippen LogP contribution in [-0.2, 0) is 14.3 Å². The maximum atomic E-state index is 11.9. The number of amides is 1. The molecule has 6 nitrogen and oxygen atoms in total. The van der Waals surface area contributed by atoms with Gasteiger partial charge in [0.1, 0.15) is 6.04 Å². The Morgan fingerprint density at radius 2 is 1.94 bits per heavy atom. The van der Waals surface area contributed by atoms with Crippen molar-refractivity contribution in [3.63, 3.8) is 0 Å². The predicted octanol–water partition coefficient (Wildman–Crippen LogP) is -1.01. The highest BCUT2D eigenvalue weighted by Gasteiger charge is 2.20. The van der Waals surface area contributed by atoms with E-state index in [2.05, 4.69) is 9.64 Å². The van der Waals surface area contributed by atoms with E-state index in [4.69, 9.17) is 5.73 Å². The lowest BCUT2D eigenvalue weighted by Gasteiger charge is -2.32. The van der Waals surface area contributed by atoms with Gasteiger partial charge in [-0.25, -0.2) is 0 Å². The number of hydrogen-bond donors (Lipinski definition) is 1.